The van der Waals surface area contributed by atoms with Crippen LogP contribution in [-0.4, -0.2) is 27.3 Å². The summed E-state index contributed by atoms with van der Waals surface area (Å²) in [7, 11) is 0. The summed E-state index contributed by atoms with van der Waals surface area (Å²) in [5.74, 6) is -0.676. The highest BCUT2D eigenvalue weighted by Gasteiger charge is 2.19. The van der Waals surface area contributed by atoms with Gasteiger partial charge in [0.05, 0.1) is 10.9 Å². The average molecular weight is 488 g/mol. The lowest BCUT2D eigenvalue weighted by atomic mass is 10.0. The minimum atomic E-state index is -0.453. The van der Waals surface area contributed by atoms with Gasteiger partial charge < -0.3 is 9.88 Å². The molecule has 1 atom stereocenters. The number of benzene rings is 2. The van der Waals surface area contributed by atoms with Gasteiger partial charge in [-0.3, -0.25) is 14.4 Å². The molecule has 0 saturated carbocycles. The fourth-order valence-corrected chi connectivity index (χ4v) is 4.19. The van der Waals surface area contributed by atoms with Gasteiger partial charge in [0, 0.05) is 28.5 Å². The number of hydrogen-bond acceptors (Lipinski definition) is 4. The zero-order valence-corrected chi connectivity index (χ0v) is 20.4. The Morgan fingerprint density at radius 3 is 2.57 bits per heavy atom. The van der Waals surface area contributed by atoms with Gasteiger partial charge in [-0.05, 0) is 56.5 Å². The van der Waals surface area contributed by atoms with Crippen molar-refractivity contribution in [1.82, 2.24) is 14.9 Å². The zero-order valence-electron chi connectivity index (χ0n) is 19.6. The molecular formula is C28H26ClN3O3. The molecule has 1 amide bonds. The highest BCUT2D eigenvalue weighted by molar-refractivity contribution is 6.31. The number of aryl methyl sites for hydroxylation is 2. The second-order valence-electron chi connectivity index (χ2n) is 8.66. The first-order valence-electron chi connectivity index (χ1n) is 11.5. The number of carbonyl (C=O) groups excluding carboxylic acids is 2. The van der Waals surface area contributed by atoms with E-state index in [9.17, 15) is 14.4 Å². The topological polar surface area (TPSA) is 81.1 Å². The molecule has 7 heteroatoms. The summed E-state index contributed by atoms with van der Waals surface area (Å²) in [5.41, 5.74) is 2.13. The van der Waals surface area contributed by atoms with Crippen molar-refractivity contribution in [1.29, 1.82) is 0 Å². The molecule has 2 aromatic heterocycles. The van der Waals surface area contributed by atoms with Gasteiger partial charge in [0.15, 0.2) is 5.78 Å². The first-order chi connectivity index (χ1) is 16.8. The number of nitrogens with one attached hydrogen (secondary N) is 1. The van der Waals surface area contributed by atoms with Crippen LogP contribution in [0.25, 0.3) is 11.0 Å². The van der Waals surface area contributed by atoms with E-state index in [0.29, 0.717) is 21.9 Å². The van der Waals surface area contributed by atoms with E-state index in [2.05, 4.69) is 22.4 Å². The van der Waals surface area contributed by atoms with Gasteiger partial charge in [-0.2, -0.15) is 0 Å². The number of carbonyl (C=O) groups is 2. The molecule has 0 aliphatic carbocycles. The maximum absolute atomic E-state index is 13.2. The summed E-state index contributed by atoms with van der Waals surface area (Å²) < 4.78 is 1.57. The molecule has 35 heavy (non-hydrogen) atoms. The summed E-state index contributed by atoms with van der Waals surface area (Å²) in [6.07, 6.45) is 3.06. The third-order valence-corrected chi connectivity index (χ3v) is 6.06. The van der Waals surface area contributed by atoms with E-state index in [1.807, 2.05) is 32.0 Å². The number of amides is 1. The van der Waals surface area contributed by atoms with Crippen LogP contribution in [-0.2, 0) is 17.8 Å². The van der Waals surface area contributed by atoms with E-state index >= 15 is 0 Å². The largest absolute Gasteiger partial charge is 0.352 e. The first kappa shape index (κ1) is 24.4. The van der Waals surface area contributed by atoms with Gasteiger partial charge in [-0.1, -0.05) is 54.1 Å². The molecule has 0 aliphatic rings. The zero-order chi connectivity index (χ0) is 24.9. The summed E-state index contributed by atoms with van der Waals surface area (Å²) in [4.78, 5) is 43.7. The van der Waals surface area contributed by atoms with Crippen LogP contribution in [0.4, 0.5) is 0 Å². The number of aromatic nitrogens is 2. The molecule has 0 bridgehead atoms. The highest BCUT2D eigenvalue weighted by Crippen LogP contribution is 2.17. The molecule has 1 N–H and O–H groups in total. The number of fused-ring (bicyclic) bond motifs is 1. The quantitative estimate of drug-likeness (QED) is 0.364. The maximum Gasteiger partial charge on any atom is 0.240 e. The minimum Gasteiger partial charge on any atom is -0.352 e. The SMILES string of the molecule is Cc1ccc2c(=O)c(C(=O)c3cccc(Cl)c3)cn(CC(=O)N[C@H](C)CCc3ccccc3)c2n1. The predicted molar refractivity (Wildman–Crippen MR) is 138 cm³/mol. The summed E-state index contributed by atoms with van der Waals surface area (Å²) in [6.45, 7) is 3.70. The van der Waals surface area contributed by atoms with Crippen molar-refractivity contribution in [3.63, 3.8) is 0 Å². The second-order valence-corrected chi connectivity index (χ2v) is 9.09. The normalized spacial score (nSPS) is 11.9. The number of hydrogen-bond donors (Lipinski definition) is 1. The van der Waals surface area contributed by atoms with Crippen molar-refractivity contribution in [2.75, 3.05) is 0 Å². The van der Waals surface area contributed by atoms with E-state index in [1.165, 1.54) is 17.8 Å². The Labute approximate surface area is 208 Å². The van der Waals surface area contributed by atoms with Gasteiger partial charge >= 0.3 is 0 Å². The summed E-state index contributed by atoms with van der Waals surface area (Å²) >= 11 is 6.04. The van der Waals surface area contributed by atoms with E-state index in [0.717, 1.165) is 12.8 Å². The van der Waals surface area contributed by atoms with E-state index < -0.39 is 11.2 Å². The summed E-state index contributed by atoms with van der Waals surface area (Å²) in [5, 5.41) is 3.70. The molecule has 2 heterocycles. The fraction of sp³-hybridized carbons (Fsp3) is 0.214. The van der Waals surface area contributed by atoms with Crippen molar-refractivity contribution in [3.05, 3.63) is 111 Å². The van der Waals surface area contributed by atoms with E-state index in [1.54, 1.807) is 34.9 Å². The third-order valence-electron chi connectivity index (χ3n) is 5.82. The molecule has 4 rings (SSSR count). The smallest absolute Gasteiger partial charge is 0.240 e. The van der Waals surface area contributed by atoms with Crippen LogP contribution in [0.15, 0.2) is 77.7 Å². The van der Waals surface area contributed by atoms with Crippen molar-refractivity contribution >= 4 is 34.3 Å². The van der Waals surface area contributed by atoms with Crippen LogP contribution in [0.5, 0.6) is 0 Å². The molecule has 0 aliphatic heterocycles. The van der Waals surface area contributed by atoms with Crippen molar-refractivity contribution < 1.29 is 9.59 Å². The third kappa shape index (κ3) is 5.84. The minimum absolute atomic E-state index is 0.0321. The van der Waals surface area contributed by atoms with Crippen LogP contribution in [0.2, 0.25) is 5.02 Å². The molecule has 0 radical (unpaired) electrons. The molecule has 0 spiro atoms. The number of rotatable bonds is 8. The number of halogens is 1. The van der Waals surface area contributed by atoms with Gasteiger partial charge in [-0.25, -0.2) is 4.98 Å². The molecule has 0 fully saturated rings. The first-order valence-corrected chi connectivity index (χ1v) is 11.8. The fourth-order valence-electron chi connectivity index (χ4n) is 4.00. The Balaban J connectivity index is 1.60. The van der Waals surface area contributed by atoms with Crippen LogP contribution < -0.4 is 10.7 Å². The monoisotopic (exact) mass is 487 g/mol. The Kier molecular flexibility index (Phi) is 7.42. The van der Waals surface area contributed by atoms with Crippen molar-refractivity contribution in [2.24, 2.45) is 0 Å². The van der Waals surface area contributed by atoms with E-state index in [4.69, 9.17) is 11.6 Å². The second kappa shape index (κ2) is 10.7. The molecular weight excluding hydrogens is 462 g/mol. The lowest BCUT2D eigenvalue weighted by Crippen LogP contribution is -2.36. The van der Waals surface area contributed by atoms with Gasteiger partial charge in [0.25, 0.3) is 0 Å². The molecule has 4 aromatic rings. The van der Waals surface area contributed by atoms with Crippen LogP contribution in [0, 0.1) is 6.92 Å². The van der Waals surface area contributed by atoms with Crippen LogP contribution in [0.3, 0.4) is 0 Å². The Hall–Kier alpha value is -3.77. The maximum atomic E-state index is 13.2. The van der Waals surface area contributed by atoms with Gasteiger partial charge in [0.1, 0.15) is 12.2 Å². The average Bonchev–Trinajstić information content (AvgIpc) is 2.84. The number of nitrogens with zero attached hydrogens (tertiary/aromatic N) is 2. The van der Waals surface area contributed by atoms with E-state index in [-0.39, 0.29) is 29.4 Å². The molecule has 6 nitrogen and oxygen atoms in total. The molecule has 0 saturated heterocycles. The van der Waals surface area contributed by atoms with Crippen LogP contribution >= 0.6 is 11.6 Å². The summed E-state index contributed by atoms with van der Waals surface area (Å²) in [6, 6.07) is 19.9. The van der Waals surface area contributed by atoms with Gasteiger partial charge in [0.2, 0.25) is 11.3 Å². The lowest BCUT2D eigenvalue weighted by Gasteiger charge is -2.16. The molecule has 178 valence electrons. The predicted octanol–water partition coefficient (Wildman–Crippen LogP) is 4.73. The molecule has 0 unspecified atom stereocenters. The Morgan fingerprint density at radius 1 is 1.06 bits per heavy atom. The van der Waals surface area contributed by atoms with Crippen molar-refractivity contribution in [2.45, 2.75) is 39.3 Å². The highest BCUT2D eigenvalue weighted by atomic mass is 35.5. The Bertz CT molecular complexity index is 1450. The van der Waals surface area contributed by atoms with Crippen molar-refractivity contribution in [3.8, 4) is 0 Å². The number of pyridine rings is 2. The van der Waals surface area contributed by atoms with Gasteiger partial charge in [-0.15, -0.1) is 0 Å². The lowest BCUT2D eigenvalue weighted by molar-refractivity contribution is -0.122. The number of ketones is 1. The Morgan fingerprint density at radius 2 is 1.83 bits per heavy atom. The standard InChI is InChI=1S/C28H26ClN3O3/c1-18(11-13-20-7-4-3-5-8-20)30-25(33)17-32-16-24(26(34)21-9-6-10-22(29)15-21)27(35)23-14-12-19(2)31-28(23)32/h3-10,12,14-16,18H,11,13,17H2,1-2H3,(H,30,33)/t18-/m1/s1. The molecule has 2 aromatic carbocycles. The van der Waals surface area contributed by atoms with Crippen LogP contribution in [0.1, 0.15) is 40.5 Å².